The molecule has 0 radical (unpaired) electrons. The van der Waals surface area contributed by atoms with E-state index < -0.39 is 300 Å². The number of allylic oxidation sites excluding steroid dienone is 3. The number of rotatable bonds is 26. The van der Waals surface area contributed by atoms with Crippen molar-refractivity contribution in [3.05, 3.63) is 36.0 Å². The quantitative estimate of drug-likeness (QED) is 0.0145. The molecule has 0 bridgehead atoms. The molecule has 0 spiro atoms. The van der Waals surface area contributed by atoms with Crippen LogP contribution in [0.15, 0.2) is 36.0 Å². The van der Waals surface area contributed by atoms with Gasteiger partial charge in [-0.15, -0.1) is 6.58 Å². The summed E-state index contributed by atoms with van der Waals surface area (Å²) < 4.78 is 107. The lowest BCUT2D eigenvalue weighted by Gasteiger charge is -2.71. The third kappa shape index (κ3) is 19.6. The fourth-order valence-corrected chi connectivity index (χ4v) is 21.6. The van der Waals surface area contributed by atoms with Gasteiger partial charge in [0.15, 0.2) is 62.2 Å². The van der Waals surface area contributed by atoms with Gasteiger partial charge in [0.1, 0.15) is 129 Å². The number of esters is 5. The van der Waals surface area contributed by atoms with E-state index in [0.29, 0.717) is 57.8 Å². The third-order valence-corrected chi connectivity index (χ3v) is 29.1. The van der Waals surface area contributed by atoms with Crippen LogP contribution in [0, 0.1) is 50.2 Å². The normalized spacial score (nSPS) is 47.2. The van der Waals surface area contributed by atoms with Crippen LogP contribution >= 0.6 is 0 Å². The van der Waals surface area contributed by atoms with Crippen molar-refractivity contribution in [2.45, 2.75) is 362 Å². The number of carbonyl (C=O) groups excluding carboxylic acids is 5. The van der Waals surface area contributed by atoms with Gasteiger partial charge in [0.25, 0.3) is 0 Å². The number of fused-ring (bicyclic) bond motifs is 7. The Kier molecular flexibility index (Phi) is 30.5. The highest BCUT2D eigenvalue weighted by Crippen LogP contribution is 2.76. The molecule has 39 nitrogen and oxygen atoms in total. The van der Waals surface area contributed by atoms with Gasteiger partial charge in [-0.25, -0.2) is 4.79 Å². The summed E-state index contributed by atoms with van der Waals surface area (Å²) in [6.07, 6.45) is -43.5. The van der Waals surface area contributed by atoms with E-state index in [0.717, 1.165) is 32.8 Å². The van der Waals surface area contributed by atoms with E-state index in [-0.39, 0.29) is 46.5 Å². The number of hydrogen-bond donors (Lipinski definition) is 16. The van der Waals surface area contributed by atoms with Gasteiger partial charge in [-0.3, -0.25) is 19.2 Å². The highest BCUT2D eigenvalue weighted by molar-refractivity contribution is 5.88. The predicted molar refractivity (Wildman–Crippen MR) is 413 cm³/mol. The highest BCUT2D eigenvalue weighted by Gasteiger charge is 2.71. The molecule has 16 N–H and O–H groups in total. The fourth-order valence-electron chi connectivity index (χ4n) is 21.6. The van der Waals surface area contributed by atoms with Crippen LogP contribution in [0.1, 0.15) is 160 Å². The standard InChI is InChI=1S/C84H130O39/c1-14-80(10,105)21-15-16-36(2)69(103)119-65-56(95)44(29-85)114-76(68(65)122-71-61(100)55(94)47(33-109-71)115-72-63(102)64(43(90)31-108-72)120-70-60(99)52(91)42(89)30-107-70)123-77(104)84-26-24-78(6,7)28-41(84)40-17-18-50-81(11)22-20-51(79(8,9)49(81)19-23-83(50,13)82(40,12)25-27-84)118-73-62(101)58(97)53(92)46(116-73)34-110-74-66(57(96)48(35-111-74)112-38(4)87)121-75-67(113-39(5)88)59(98)54(93)45(117-75)32-106-37(3)86/h14,16-17,41-68,70-76,85,89-102,105H,1,15,18-35H2,2-13H3/b36-16+. The highest BCUT2D eigenvalue weighted by atomic mass is 16.8. The van der Waals surface area contributed by atoms with Gasteiger partial charge in [-0.1, -0.05) is 72.3 Å². The number of carbonyl (C=O) groups is 5. The van der Waals surface area contributed by atoms with E-state index in [9.17, 15) is 101 Å². The van der Waals surface area contributed by atoms with Gasteiger partial charge in [-0.05, 0) is 136 Å². The first kappa shape index (κ1) is 97.5. The van der Waals surface area contributed by atoms with Crippen LogP contribution in [-0.4, -0.2) is 360 Å². The van der Waals surface area contributed by atoms with Crippen LogP contribution in [0.2, 0.25) is 0 Å². The van der Waals surface area contributed by atoms with Crippen molar-refractivity contribution in [3.8, 4) is 0 Å². The molecule has 700 valence electrons. The Balaban J connectivity index is 0.756. The van der Waals surface area contributed by atoms with Crippen LogP contribution in [0.4, 0.5) is 0 Å². The van der Waals surface area contributed by atoms with E-state index >= 15 is 4.79 Å². The van der Waals surface area contributed by atoms with E-state index in [1.807, 2.05) is 0 Å². The molecular formula is C84H130O39. The molecule has 39 heteroatoms. The lowest BCUT2D eigenvalue weighted by Crippen LogP contribution is -2.67. The first-order valence-electron chi connectivity index (χ1n) is 42.8. The average Bonchev–Trinajstić information content (AvgIpc) is 0.673. The zero-order valence-electron chi connectivity index (χ0n) is 71.6. The van der Waals surface area contributed by atoms with Crippen molar-refractivity contribution in [1.29, 1.82) is 0 Å². The number of hydrogen-bond acceptors (Lipinski definition) is 39. The van der Waals surface area contributed by atoms with Crippen molar-refractivity contribution in [3.63, 3.8) is 0 Å². The summed E-state index contributed by atoms with van der Waals surface area (Å²) in [5.41, 5.74) is -3.63. The molecule has 7 saturated heterocycles. The summed E-state index contributed by atoms with van der Waals surface area (Å²) in [5, 5.41) is 179. The summed E-state index contributed by atoms with van der Waals surface area (Å²) >= 11 is 0. The summed E-state index contributed by atoms with van der Waals surface area (Å²) in [6.45, 7) is 21.1. The zero-order chi connectivity index (χ0) is 90.0. The molecule has 0 aromatic carbocycles. The molecule has 0 amide bonds. The number of aliphatic hydroxyl groups excluding tert-OH is 15. The topological polar surface area (TPSA) is 575 Å². The minimum Gasteiger partial charge on any atom is -0.463 e. The maximum atomic E-state index is 16.2. The van der Waals surface area contributed by atoms with Gasteiger partial charge in [-0.2, -0.15) is 0 Å². The molecule has 40 unspecified atom stereocenters. The smallest absolute Gasteiger partial charge is 0.333 e. The molecule has 12 rings (SSSR count). The van der Waals surface area contributed by atoms with Crippen molar-refractivity contribution in [1.82, 2.24) is 0 Å². The number of aliphatic hydroxyl groups is 16. The monoisotopic (exact) mass is 1760 g/mol. The van der Waals surface area contributed by atoms with Crippen LogP contribution in [0.25, 0.3) is 0 Å². The molecular weight excluding hydrogens is 1630 g/mol. The Morgan fingerprint density at radius 1 is 0.504 bits per heavy atom. The zero-order valence-corrected chi connectivity index (χ0v) is 71.6. The Bertz CT molecular complexity index is 3730. The van der Waals surface area contributed by atoms with E-state index in [1.165, 1.54) is 26.0 Å². The third-order valence-electron chi connectivity index (χ3n) is 29.1. The summed E-state index contributed by atoms with van der Waals surface area (Å²) in [5.74, 6) is -4.62. The fraction of sp³-hybridized carbons (Fsp3) is 0.869. The largest absolute Gasteiger partial charge is 0.463 e. The summed E-state index contributed by atoms with van der Waals surface area (Å²) in [6, 6.07) is 0. The van der Waals surface area contributed by atoms with Crippen molar-refractivity contribution in [2.75, 3.05) is 46.2 Å². The molecule has 0 aromatic rings. The van der Waals surface area contributed by atoms with Gasteiger partial charge in [0.05, 0.1) is 56.8 Å². The minimum atomic E-state index is -2.09. The van der Waals surface area contributed by atoms with Crippen LogP contribution in [0.5, 0.6) is 0 Å². The van der Waals surface area contributed by atoms with Gasteiger partial charge < -0.3 is 167 Å². The minimum absolute atomic E-state index is 0.0156. The second-order valence-electron chi connectivity index (χ2n) is 38.1. The summed E-state index contributed by atoms with van der Waals surface area (Å²) in [4.78, 5) is 66.8. The van der Waals surface area contributed by atoms with E-state index in [2.05, 4.69) is 61.1 Å². The average molecular weight is 1760 g/mol. The first-order valence-corrected chi connectivity index (χ1v) is 42.8. The van der Waals surface area contributed by atoms with E-state index in [4.69, 9.17) is 85.3 Å². The summed E-state index contributed by atoms with van der Waals surface area (Å²) in [7, 11) is 0. The second-order valence-corrected chi connectivity index (χ2v) is 38.1. The molecule has 7 aliphatic heterocycles. The lowest BCUT2D eigenvalue weighted by atomic mass is 9.33. The Morgan fingerprint density at radius 3 is 1.76 bits per heavy atom. The van der Waals surface area contributed by atoms with Crippen molar-refractivity contribution >= 4 is 29.8 Å². The molecule has 5 aliphatic carbocycles. The second kappa shape index (κ2) is 38.5. The molecule has 11 fully saturated rings. The maximum absolute atomic E-state index is 16.2. The Labute approximate surface area is 712 Å². The molecule has 123 heavy (non-hydrogen) atoms. The molecule has 0 aromatic heterocycles. The SMILES string of the molecule is C=CC(C)(O)CC/C=C(\C)C(=O)OC1C(O)C(CO)OC(OC(=O)C23CCC(C)(C)CC2C2=CCC4C5(C)CCC(OC6OC(COC7OCC(OC(C)=O)C(O)C7OC7OC(COC(C)=O)C(O)C(O)C7OC(C)=O)C(O)C(O)C6O)C(C)(C)C5CCC4(C)C2(C)CC3)C1OC1OCC(OC2OCC(O)C(OC3OCC(O)C(O)C3O)C2O)C(O)C1O. The Morgan fingerprint density at radius 2 is 1.09 bits per heavy atom. The maximum Gasteiger partial charge on any atom is 0.333 e. The molecule has 7 heterocycles. The molecule has 4 saturated carbocycles. The van der Waals surface area contributed by atoms with E-state index in [1.54, 1.807) is 0 Å². The van der Waals surface area contributed by atoms with Crippen LogP contribution < -0.4 is 0 Å². The molecule has 40 atom stereocenters. The van der Waals surface area contributed by atoms with Crippen LogP contribution in [0.3, 0.4) is 0 Å². The molecule has 12 aliphatic rings. The predicted octanol–water partition coefficient (Wildman–Crippen LogP) is -2.08. The number of ether oxygens (including phenoxy) is 18. The Hall–Kier alpha value is -4.59. The first-order chi connectivity index (χ1) is 57.7. The van der Waals surface area contributed by atoms with Gasteiger partial charge in [0, 0.05) is 26.3 Å². The van der Waals surface area contributed by atoms with Crippen molar-refractivity contribution < 1.29 is 191 Å². The van der Waals surface area contributed by atoms with Crippen LogP contribution in [-0.2, 0) is 109 Å². The van der Waals surface area contributed by atoms with Gasteiger partial charge >= 0.3 is 29.8 Å². The lowest BCUT2D eigenvalue weighted by molar-refractivity contribution is -0.369. The van der Waals surface area contributed by atoms with Gasteiger partial charge in [0.2, 0.25) is 6.29 Å². The van der Waals surface area contributed by atoms with Crippen molar-refractivity contribution in [2.24, 2.45) is 50.2 Å².